The van der Waals surface area contributed by atoms with Crippen molar-refractivity contribution in [3.8, 4) is 17.1 Å². The van der Waals surface area contributed by atoms with E-state index in [4.69, 9.17) is 14.7 Å². The number of methoxy groups -OCH3 is 1. The minimum atomic E-state index is -2.50. The Hall–Kier alpha value is -4.45. The summed E-state index contributed by atoms with van der Waals surface area (Å²) in [5.74, 6) is 2.52. The van der Waals surface area contributed by atoms with E-state index in [0.29, 0.717) is 81.5 Å². The molecule has 3 aliphatic carbocycles. The van der Waals surface area contributed by atoms with Crippen molar-refractivity contribution in [1.29, 1.82) is 0 Å². The Balaban J connectivity index is 1.23. The smallest absolute Gasteiger partial charge is 0.261 e. The largest absolute Gasteiger partial charge is 0.497 e. The van der Waals surface area contributed by atoms with Crippen molar-refractivity contribution in [2.75, 3.05) is 32.1 Å². The lowest BCUT2D eigenvalue weighted by Crippen LogP contribution is -2.58. The van der Waals surface area contributed by atoms with Crippen LogP contribution in [-0.2, 0) is 13.0 Å². The summed E-state index contributed by atoms with van der Waals surface area (Å²) in [6.45, 7) is 8.22. The first-order chi connectivity index (χ1) is 24.0. The average molecular weight is 688 g/mol. The number of guanidine groups is 1. The molecule has 3 heterocycles. The van der Waals surface area contributed by atoms with Crippen molar-refractivity contribution < 1.29 is 17.9 Å². The number of anilines is 1. The standard InChI is InChI=1S/C38H44F3N7O2/c1-22-29-16-25(38(29,2)3)17-31(22)46-37(47-15-13-43-33(21-47)34(40)41)44-26-8-10-28-32(18-26)45-35(24-6-5-12-42-20-24)48(36(28)49)14-11-23-7-9-27(50-4)19-30(23)39/h5-10,12,18-20,22,25,29,31,33-34,43H,11,13-17,21H2,1-4H3,(H,44,46)/t22-,25+,29-,31?,33+/m0/s1. The molecule has 4 aromatic rings. The van der Waals surface area contributed by atoms with Gasteiger partial charge in [-0.1, -0.05) is 26.8 Å². The number of fused-ring (bicyclic) bond motifs is 3. The number of hydrogen-bond donors (Lipinski definition) is 2. The summed E-state index contributed by atoms with van der Waals surface area (Å²) in [4.78, 5) is 30.4. The molecule has 0 radical (unpaired) electrons. The van der Waals surface area contributed by atoms with Gasteiger partial charge in [0, 0.05) is 55.9 Å². The number of nitrogens with zero attached hydrogens (tertiary/aromatic N) is 5. The molecule has 5 atom stereocenters. The zero-order valence-corrected chi connectivity index (χ0v) is 28.9. The summed E-state index contributed by atoms with van der Waals surface area (Å²) in [5.41, 5.74) is 2.25. The maximum Gasteiger partial charge on any atom is 0.261 e. The maximum atomic E-state index is 14.8. The lowest BCUT2D eigenvalue weighted by molar-refractivity contribution is -0.108. The first kappa shape index (κ1) is 34.0. The van der Waals surface area contributed by atoms with Gasteiger partial charge < -0.3 is 20.3 Å². The third-order valence-corrected chi connectivity index (χ3v) is 11.4. The van der Waals surface area contributed by atoms with Crippen LogP contribution in [0.15, 0.2) is 70.7 Å². The van der Waals surface area contributed by atoms with E-state index in [1.807, 2.05) is 11.0 Å². The van der Waals surface area contributed by atoms with E-state index in [9.17, 15) is 18.0 Å². The van der Waals surface area contributed by atoms with E-state index in [1.54, 1.807) is 53.4 Å². The van der Waals surface area contributed by atoms with Crippen LogP contribution in [0.25, 0.3) is 22.3 Å². The quantitative estimate of drug-likeness (QED) is 0.168. The van der Waals surface area contributed by atoms with E-state index >= 15 is 0 Å². The zero-order chi connectivity index (χ0) is 35.2. The molecule has 0 spiro atoms. The number of rotatable bonds is 8. The monoisotopic (exact) mass is 687 g/mol. The molecule has 2 aromatic heterocycles. The van der Waals surface area contributed by atoms with Gasteiger partial charge in [-0.15, -0.1) is 0 Å². The lowest BCUT2D eigenvalue weighted by Gasteiger charge is -2.61. The Morgan fingerprint density at radius 3 is 2.72 bits per heavy atom. The number of aromatic nitrogens is 3. The summed E-state index contributed by atoms with van der Waals surface area (Å²) < 4.78 is 49.2. The first-order valence-electron chi connectivity index (χ1n) is 17.4. The molecule has 1 aliphatic heterocycles. The van der Waals surface area contributed by atoms with Crippen LogP contribution in [0.5, 0.6) is 5.75 Å². The van der Waals surface area contributed by atoms with Gasteiger partial charge in [0.15, 0.2) is 5.96 Å². The highest BCUT2D eigenvalue weighted by Gasteiger charge is 2.56. The van der Waals surface area contributed by atoms with Crippen LogP contribution in [0.4, 0.5) is 18.9 Å². The van der Waals surface area contributed by atoms with E-state index in [1.165, 1.54) is 19.6 Å². The van der Waals surface area contributed by atoms with Crippen LogP contribution >= 0.6 is 0 Å². The van der Waals surface area contributed by atoms with Crippen LogP contribution in [-0.4, -0.2) is 70.6 Å². The van der Waals surface area contributed by atoms with Gasteiger partial charge in [0.1, 0.15) is 17.4 Å². The molecule has 1 saturated heterocycles. The second kappa shape index (κ2) is 13.7. The summed E-state index contributed by atoms with van der Waals surface area (Å²) in [6, 6.07) is 12.7. The van der Waals surface area contributed by atoms with Crippen molar-refractivity contribution in [3.63, 3.8) is 0 Å². The van der Waals surface area contributed by atoms with Crippen molar-refractivity contribution in [2.45, 2.75) is 65.1 Å². The third kappa shape index (κ3) is 6.45. The zero-order valence-electron chi connectivity index (χ0n) is 28.9. The van der Waals surface area contributed by atoms with Gasteiger partial charge in [-0.3, -0.25) is 14.3 Å². The van der Waals surface area contributed by atoms with Crippen LogP contribution in [0.2, 0.25) is 0 Å². The molecular weight excluding hydrogens is 643 g/mol. The number of benzene rings is 2. The molecule has 1 unspecified atom stereocenters. The third-order valence-electron chi connectivity index (χ3n) is 11.4. The first-order valence-corrected chi connectivity index (χ1v) is 17.4. The Morgan fingerprint density at radius 1 is 1.18 bits per heavy atom. The summed E-state index contributed by atoms with van der Waals surface area (Å²) in [5, 5.41) is 6.80. The molecule has 2 aromatic carbocycles. The van der Waals surface area contributed by atoms with Crippen molar-refractivity contribution in [1.82, 2.24) is 24.8 Å². The highest BCUT2D eigenvalue weighted by Crippen LogP contribution is 2.61. The highest BCUT2D eigenvalue weighted by molar-refractivity contribution is 5.96. The second-order valence-electron chi connectivity index (χ2n) is 14.5. The summed E-state index contributed by atoms with van der Waals surface area (Å²) in [7, 11) is 1.48. The number of nitrogens with one attached hydrogen (secondary N) is 2. The number of alkyl halides is 2. The van der Waals surface area contributed by atoms with Crippen LogP contribution < -0.4 is 20.9 Å². The van der Waals surface area contributed by atoms with E-state index in [2.05, 4.69) is 36.4 Å². The van der Waals surface area contributed by atoms with E-state index in [0.717, 1.165) is 6.42 Å². The molecular formula is C38H44F3N7O2. The van der Waals surface area contributed by atoms with Crippen molar-refractivity contribution >= 4 is 22.5 Å². The van der Waals surface area contributed by atoms with Gasteiger partial charge >= 0.3 is 0 Å². The normalized spacial score (nSPS) is 24.7. The molecule has 2 bridgehead atoms. The van der Waals surface area contributed by atoms with Crippen molar-refractivity contribution in [2.24, 2.45) is 28.2 Å². The maximum absolute atomic E-state index is 14.8. The molecule has 264 valence electrons. The highest BCUT2D eigenvalue weighted by atomic mass is 19.3. The van der Waals surface area contributed by atoms with Gasteiger partial charge in [-0.2, -0.15) is 0 Å². The fraction of sp³-hybridized carbons (Fsp3) is 0.474. The van der Waals surface area contributed by atoms with Gasteiger partial charge in [0.05, 0.1) is 30.1 Å². The summed E-state index contributed by atoms with van der Waals surface area (Å²) >= 11 is 0. The SMILES string of the molecule is COc1ccc(CCn2c(-c3cccnc3)nc3cc(N/C(=N/C4C[C@H]5C[C@@H]([C@@H]4C)C5(C)C)N4CCN[C@@H](C(F)F)C4)ccc3c2=O)c(F)c1. The van der Waals surface area contributed by atoms with Crippen LogP contribution in [0.3, 0.4) is 0 Å². The number of halogens is 3. The second-order valence-corrected chi connectivity index (χ2v) is 14.5. The molecule has 50 heavy (non-hydrogen) atoms. The Bertz CT molecular complexity index is 1950. The molecule has 8 rings (SSSR count). The average Bonchev–Trinajstić information content (AvgIpc) is 3.12. The fourth-order valence-corrected chi connectivity index (χ4v) is 8.22. The van der Waals surface area contributed by atoms with Gasteiger partial charge in [0.2, 0.25) is 0 Å². The number of hydrogen-bond acceptors (Lipinski definition) is 6. The number of aryl methyl sites for hydroxylation is 1. The topological polar surface area (TPSA) is 96.7 Å². The number of aliphatic imine (C=N–C) groups is 1. The molecule has 4 aliphatic rings. The van der Waals surface area contributed by atoms with E-state index in [-0.39, 0.29) is 31.1 Å². The Labute approximate surface area is 290 Å². The molecule has 12 heteroatoms. The van der Waals surface area contributed by atoms with Crippen LogP contribution in [0, 0.1) is 29.0 Å². The van der Waals surface area contributed by atoms with E-state index < -0.39 is 18.3 Å². The number of pyridine rings is 1. The van der Waals surface area contributed by atoms with Gasteiger partial charge in [-0.05, 0) is 84.4 Å². The predicted molar refractivity (Wildman–Crippen MR) is 189 cm³/mol. The predicted octanol–water partition coefficient (Wildman–Crippen LogP) is 6.23. The lowest BCUT2D eigenvalue weighted by atomic mass is 9.45. The minimum Gasteiger partial charge on any atom is -0.497 e. The molecule has 0 amide bonds. The fourth-order valence-electron chi connectivity index (χ4n) is 8.22. The molecule has 2 N–H and O–H groups in total. The summed E-state index contributed by atoms with van der Waals surface area (Å²) in [6.07, 6.45) is 3.24. The van der Waals surface area contributed by atoms with Crippen LogP contribution in [0.1, 0.15) is 39.2 Å². The Morgan fingerprint density at radius 2 is 2.02 bits per heavy atom. The number of piperazine rings is 1. The number of ether oxygens (including phenoxy) is 1. The molecule has 3 saturated carbocycles. The van der Waals surface area contributed by atoms with Gasteiger partial charge in [0.25, 0.3) is 12.0 Å². The Kier molecular flexibility index (Phi) is 9.32. The van der Waals surface area contributed by atoms with Crippen molar-refractivity contribution in [3.05, 3.63) is 82.7 Å². The van der Waals surface area contributed by atoms with Gasteiger partial charge in [-0.25, -0.2) is 23.1 Å². The minimum absolute atomic E-state index is 0.0765. The molecule has 4 fully saturated rings. The molecule has 9 nitrogen and oxygen atoms in total.